The maximum atomic E-state index is 12.5. The van der Waals surface area contributed by atoms with Gasteiger partial charge in [0.1, 0.15) is 5.76 Å². The van der Waals surface area contributed by atoms with E-state index in [1.54, 1.807) is 12.1 Å². The van der Waals surface area contributed by atoms with Crippen LogP contribution in [0.15, 0.2) is 39.7 Å². The number of esters is 1. The number of hydrogen-bond acceptors (Lipinski definition) is 8. The summed E-state index contributed by atoms with van der Waals surface area (Å²) in [4.78, 5) is 37.4. The maximum Gasteiger partial charge on any atom is 0.373 e. The number of aromatic hydroxyl groups is 1. The fraction of sp³-hybridized carbons (Fsp3) is 0.167. The molecule has 27 heavy (non-hydrogen) atoms. The van der Waals surface area contributed by atoms with Gasteiger partial charge in [0.15, 0.2) is 11.5 Å². The molecule has 1 fully saturated rings. The summed E-state index contributed by atoms with van der Waals surface area (Å²) < 4.78 is 14.9. The summed E-state index contributed by atoms with van der Waals surface area (Å²) in [6.07, 6.45) is 1.54. The molecule has 8 nitrogen and oxygen atoms in total. The Labute approximate surface area is 158 Å². The van der Waals surface area contributed by atoms with Crippen LogP contribution in [0.3, 0.4) is 0 Å². The minimum Gasteiger partial charge on any atom is -0.504 e. The predicted octanol–water partition coefficient (Wildman–Crippen LogP) is 3.02. The fourth-order valence-corrected chi connectivity index (χ4v) is 3.24. The molecule has 2 amide bonds. The van der Waals surface area contributed by atoms with E-state index in [0.717, 1.165) is 16.7 Å². The van der Waals surface area contributed by atoms with Crippen molar-refractivity contribution >= 4 is 35.0 Å². The number of phenols is 1. The lowest BCUT2D eigenvalue weighted by molar-refractivity contribution is -0.123. The number of imide groups is 1. The first-order chi connectivity index (χ1) is 12.9. The second kappa shape index (κ2) is 7.58. The summed E-state index contributed by atoms with van der Waals surface area (Å²) in [6.45, 7) is -0.0993. The number of methoxy groups -OCH3 is 2. The highest BCUT2D eigenvalue weighted by Gasteiger charge is 2.35. The van der Waals surface area contributed by atoms with E-state index in [2.05, 4.69) is 4.74 Å². The number of carbonyl (C=O) groups is 3. The van der Waals surface area contributed by atoms with Crippen LogP contribution in [0.2, 0.25) is 0 Å². The monoisotopic (exact) mass is 389 g/mol. The molecule has 0 radical (unpaired) electrons. The van der Waals surface area contributed by atoms with Crippen LogP contribution >= 0.6 is 11.8 Å². The van der Waals surface area contributed by atoms with Crippen molar-refractivity contribution in [2.45, 2.75) is 6.54 Å². The zero-order chi connectivity index (χ0) is 19.6. The molecule has 1 aliphatic rings. The highest BCUT2D eigenvalue weighted by Crippen LogP contribution is 2.35. The molecule has 0 atom stereocenters. The number of thioether (sulfide) groups is 1. The normalized spacial score (nSPS) is 15.5. The Morgan fingerprint density at radius 3 is 2.74 bits per heavy atom. The number of rotatable bonds is 5. The van der Waals surface area contributed by atoms with Gasteiger partial charge in [0, 0.05) is 0 Å². The molecule has 1 aromatic carbocycles. The van der Waals surface area contributed by atoms with Gasteiger partial charge >= 0.3 is 5.97 Å². The average molecular weight is 389 g/mol. The van der Waals surface area contributed by atoms with Crippen molar-refractivity contribution in [1.29, 1.82) is 0 Å². The molecule has 1 aliphatic heterocycles. The number of benzene rings is 1. The van der Waals surface area contributed by atoms with E-state index in [1.807, 2.05) is 0 Å². The van der Waals surface area contributed by atoms with Gasteiger partial charge in [-0.3, -0.25) is 14.5 Å². The van der Waals surface area contributed by atoms with Crippen LogP contribution in [0.4, 0.5) is 4.79 Å². The highest BCUT2D eigenvalue weighted by molar-refractivity contribution is 8.18. The molecule has 0 unspecified atom stereocenters. The Kier molecular flexibility index (Phi) is 5.22. The van der Waals surface area contributed by atoms with E-state index in [-0.39, 0.29) is 34.5 Å². The summed E-state index contributed by atoms with van der Waals surface area (Å²) in [6, 6.07) is 7.51. The smallest absolute Gasteiger partial charge is 0.373 e. The number of furan rings is 1. The van der Waals surface area contributed by atoms with Gasteiger partial charge in [-0.05, 0) is 47.7 Å². The van der Waals surface area contributed by atoms with Crippen LogP contribution < -0.4 is 4.74 Å². The number of phenolic OH excluding ortho intramolecular Hbond substituents is 1. The Bertz CT molecular complexity index is 947. The van der Waals surface area contributed by atoms with Crippen LogP contribution in [0.25, 0.3) is 6.08 Å². The summed E-state index contributed by atoms with van der Waals surface area (Å²) >= 11 is 0.793. The number of amides is 2. The molecule has 1 aromatic heterocycles. The van der Waals surface area contributed by atoms with Gasteiger partial charge in [-0.1, -0.05) is 6.07 Å². The van der Waals surface area contributed by atoms with Crippen molar-refractivity contribution in [1.82, 2.24) is 4.90 Å². The van der Waals surface area contributed by atoms with Gasteiger partial charge in [0.2, 0.25) is 5.76 Å². The van der Waals surface area contributed by atoms with Crippen molar-refractivity contribution in [3.8, 4) is 11.5 Å². The van der Waals surface area contributed by atoms with Crippen LogP contribution in [0.5, 0.6) is 11.5 Å². The Morgan fingerprint density at radius 2 is 2.04 bits per heavy atom. The van der Waals surface area contributed by atoms with E-state index in [9.17, 15) is 19.5 Å². The fourth-order valence-electron chi connectivity index (χ4n) is 2.40. The molecule has 9 heteroatoms. The second-order valence-electron chi connectivity index (χ2n) is 5.46. The molecule has 0 bridgehead atoms. The molecule has 2 aromatic rings. The van der Waals surface area contributed by atoms with E-state index in [1.165, 1.54) is 38.5 Å². The molecular formula is C18H15NO7S. The Morgan fingerprint density at radius 1 is 1.26 bits per heavy atom. The zero-order valence-electron chi connectivity index (χ0n) is 14.4. The maximum absolute atomic E-state index is 12.5. The third-order valence-electron chi connectivity index (χ3n) is 3.74. The first-order valence-corrected chi connectivity index (χ1v) is 8.54. The molecule has 0 spiro atoms. The Hall–Kier alpha value is -3.20. The quantitative estimate of drug-likeness (QED) is 0.614. The van der Waals surface area contributed by atoms with Crippen molar-refractivity contribution in [2.24, 2.45) is 0 Å². The van der Waals surface area contributed by atoms with E-state index in [0.29, 0.717) is 5.56 Å². The van der Waals surface area contributed by atoms with Crippen molar-refractivity contribution in [2.75, 3.05) is 14.2 Å². The van der Waals surface area contributed by atoms with Crippen LogP contribution in [-0.4, -0.2) is 41.3 Å². The summed E-state index contributed by atoms with van der Waals surface area (Å²) in [5, 5.41) is 9.18. The van der Waals surface area contributed by atoms with Crippen LogP contribution in [0, 0.1) is 0 Å². The van der Waals surface area contributed by atoms with Crippen LogP contribution in [0.1, 0.15) is 21.9 Å². The standard InChI is InChI=1S/C18H15NO7S/c1-24-14-7-10(3-5-12(14)20)8-15-16(21)19(18(23)27-15)9-11-4-6-13(26-11)17(22)25-2/h3-8,20H,9H2,1-2H3. The lowest BCUT2D eigenvalue weighted by Crippen LogP contribution is -2.27. The minimum atomic E-state index is -0.642. The highest BCUT2D eigenvalue weighted by atomic mass is 32.2. The third kappa shape index (κ3) is 3.82. The number of nitrogens with zero attached hydrogens (tertiary/aromatic N) is 1. The largest absolute Gasteiger partial charge is 0.504 e. The topological polar surface area (TPSA) is 106 Å². The SMILES string of the molecule is COC(=O)c1ccc(CN2C(=O)SC(=Cc3ccc(O)c(OC)c3)C2=O)o1. The molecule has 3 rings (SSSR count). The lowest BCUT2D eigenvalue weighted by atomic mass is 10.2. The van der Waals surface area contributed by atoms with Gasteiger partial charge < -0.3 is 19.0 Å². The zero-order valence-corrected chi connectivity index (χ0v) is 15.2. The van der Waals surface area contributed by atoms with E-state index < -0.39 is 17.1 Å². The lowest BCUT2D eigenvalue weighted by Gasteiger charge is -2.10. The van der Waals surface area contributed by atoms with Crippen molar-refractivity contribution in [3.05, 3.63) is 52.3 Å². The van der Waals surface area contributed by atoms with Crippen molar-refractivity contribution < 1.29 is 33.4 Å². The predicted molar refractivity (Wildman–Crippen MR) is 96.2 cm³/mol. The first-order valence-electron chi connectivity index (χ1n) is 7.72. The molecule has 0 saturated carbocycles. The summed E-state index contributed by atoms with van der Waals surface area (Å²) in [7, 11) is 2.64. The van der Waals surface area contributed by atoms with E-state index >= 15 is 0 Å². The average Bonchev–Trinajstić information content (AvgIpc) is 3.23. The van der Waals surface area contributed by atoms with Gasteiger partial charge in [-0.25, -0.2) is 4.79 Å². The molecule has 1 saturated heterocycles. The van der Waals surface area contributed by atoms with Gasteiger partial charge in [-0.2, -0.15) is 0 Å². The van der Waals surface area contributed by atoms with Crippen molar-refractivity contribution in [3.63, 3.8) is 0 Å². The third-order valence-corrected chi connectivity index (χ3v) is 4.64. The molecule has 1 N–H and O–H groups in total. The minimum absolute atomic E-state index is 0.00815. The number of ether oxygens (including phenoxy) is 2. The molecule has 2 heterocycles. The number of carbonyl (C=O) groups excluding carboxylic acids is 3. The molecule has 0 aliphatic carbocycles. The second-order valence-corrected chi connectivity index (χ2v) is 6.45. The van der Waals surface area contributed by atoms with Gasteiger partial charge in [-0.15, -0.1) is 0 Å². The molecule has 140 valence electrons. The Balaban J connectivity index is 1.78. The first kappa shape index (κ1) is 18.6. The summed E-state index contributed by atoms with van der Waals surface area (Å²) in [5.74, 6) is -0.614. The van der Waals surface area contributed by atoms with E-state index in [4.69, 9.17) is 9.15 Å². The van der Waals surface area contributed by atoms with Gasteiger partial charge in [0.05, 0.1) is 25.7 Å². The van der Waals surface area contributed by atoms with Gasteiger partial charge in [0.25, 0.3) is 11.1 Å². The summed E-state index contributed by atoms with van der Waals surface area (Å²) in [5.41, 5.74) is 0.598. The van der Waals surface area contributed by atoms with Crippen LogP contribution in [-0.2, 0) is 16.1 Å². The molecular weight excluding hydrogens is 374 g/mol. The number of hydrogen-bond donors (Lipinski definition) is 1.